The molecule has 0 radical (unpaired) electrons. The Bertz CT molecular complexity index is 800. The second-order valence-corrected chi connectivity index (χ2v) is 6.45. The highest BCUT2D eigenvalue weighted by atomic mass is 16.5. The Kier molecular flexibility index (Phi) is 5.55. The monoisotopic (exact) mass is 357 g/mol. The molecule has 3 rings (SSSR count). The molecule has 138 valence electrons. The molecule has 1 unspecified atom stereocenters. The molecule has 0 saturated carbocycles. The Morgan fingerprint density at radius 1 is 1.35 bits per heavy atom. The van der Waals surface area contributed by atoms with E-state index in [-0.39, 0.29) is 18.9 Å². The van der Waals surface area contributed by atoms with Gasteiger partial charge in [-0.2, -0.15) is 5.10 Å². The average Bonchev–Trinajstić information content (AvgIpc) is 3.09. The van der Waals surface area contributed by atoms with Crippen LogP contribution < -0.4 is 10.1 Å². The third kappa shape index (κ3) is 3.87. The number of fused-ring (bicyclic) bond motifs is 1. The first-order chi connectivity index (χ1) is 12.6. The van der Waals surface area contributed by atoms with E-state index in [2.05, 4.69) is 10.4 Å². The van der Waals surface area contributed by atoms with Crippen LogP contribution in [0.15, 0.2) is 30.5 Å². The van der Waals surface area contributed by atoms with E-state index < -0.39 is 11.9 Å². The Hall–Kier alpha value is -2.83. The van der Waals surface area contributed by atoms with Crippen LogP contribution in [0, 0.1) is 5.92 Å². The SMILES string of the molecule is COc1ccccc1CC(CNC(=O)c1cnn2c1CCCC2)C(=O)O. The van der Waals surface area contributed by atoms with Crippen molar-refractivity contribution in [1.29, 1.82) is 0 Å². The van der Waals surface area contributed by atoms with E-state index in [0.29, 0.717) is 11.3 Å². The van der Waals surface area contributed by atoms with Gasteiger partial charge in [-0.15, -0.1) is 0 Å². The van der Waals surface area contributed by atoms with Gasteiger partial charge in [-0.1, -0.05) is 18.2 Å². The van der Waals surface area contributed by atoms with Gasteiger partial charge < -0.3 is 15.2 Å². The maximum Gasteiger partial charge on any atom is 0.308 e. The number of carboxylic acid groups (broad SMARTS) is 1. The molecule has 1 aromatic carbocycles. The molecule has 0 spiro atoms. The first kappa shape index (κ1) is 18.0. The molecule has 0 saturated heterocycles. The zero-order valence-corrected chi connectivity index (χ0v) is 14.8. The smallest absolute Gasteiger partial charge is 0.308 e. The second-order valence-electron chi connectivity index (χ2n) is 6.45. The largest absolute Gasteiger partial charge is 0.496 e. The van der Waals surface area contributed by atoms with Crippen LogP contribution in [0.25, 0.3) is 0 Å². The number of rotatable bonds is 7. The number of aryl methyl sites for hydroxylation is 1. The molecule has 1 aliphatic heterocycles. The Morgan fingerprint density at radius 2 is 2.15 bits per heavy atom. The lowest BCUT2D eigenvalue weighted by Crippen LogP contribution is -2.34. The van der Waals surface area contributed by atoms with Gasteiger partial charge in [0.2, 0.25) is 0 Å². The van der Waals surface area contributed by atoms with Crippen molar-refractivity contribution in [1.82, 2.24) is 15.1 Å². The Labute approximate surface area is 152 Å². The van der Waals surface area contributed by atoms with Gasteiger partial charge >= 0.3 is 5.97 Å². The number of methoxy groups -OCH3 is 1. The zero-order valence-electron chi connectivity index (χ0n) is 14.8. The van der Waals surface area contributed by atoms with Crippen LogP contribution in [0.4, 0.5) is 0 Å². The summed E-state index contributed by atoms with van der Waals surface area (Å²) in [5.74, 6) is -1.30. The minimum Gasteiger partial charge on any atom is -0.496 e. The Morgan fingerprint density at radius 3 is 2.92 bits per heavy atom. The van der Waals surface area contributed by atoms with Crippen LogP contribution in [0.1, 0.15) is 34.5 Å². The van der Waals surface area contributed by atoms with Crippen LogP contribution in [0.5, 0.6) is 5.75 Å². The normalized spacial score (nSPS) is 14.3. The van der Waals surface area contributed by atoms with Crippen LogP contribution >= 0.6 is 0 Å². The number of hydrogen-bond acceptors (Lipinski definition) is 4. The molecular formula is C19H23N3O4. The number of aliphatic carboxylic acids is 1. The molecule has 1 aliphatic rings. The molecule has 2 aromatic rings. The van der Waals surface area contributed by atoms with E-state index in [1.165, 1.54) is 0 Å². The summed E-state index contributed by atoms with van der Waals surface area (Å²) in [5.41, 5.74) is 2.29. The number of aromatic nitrogens is 2. The van der Waals surface area contributed by atoms with Crippen molar-refractivity contribution in [3.8, 4) is 5.75 Å². The number of para-hydroxylation sites is 1. The maximum atomic E-state index is 12.5. The van der Waals surface area contributed by atoms with Gasteiger partial charge in [-0.05, 0) is 37.3 Å². The topological polar surface area (TPSA) is 93.5 Å². The van der Waals surface area contributed by atoms with Gasteiger partial charge in [0.1, 0.15) is 5.75 Å². The third-order valence-electron chi connectivity index (χ3n) is 4.74. The third-order valence-corrected chi connectivity index (χ3v) is 4.74. The highest BCUT2D eigenvalue weighted by Gasteiger charge is 2.23. The fourth-order valence-electron chi connectivity index (χ4n) is 3.31. The van der Waals surface area contributed by atoms with E-state index in [4.69, 9.17) is 4.74 Å². The van der Waals surface area contributed by atoms with Gasteiger partial charge in [0.15, 0.2) is 0 Å². The standard InChI is InChI=1S/C19H23N3O4/c1-26-17-8-3-2-6-13(17)10-14(19(24)25)11-20-18(23)15-12-21-22-9-5-4-7-16(15)22/h2-3,6,8,12,14H,4-5,7,9-11H2,1H3,(H,20,23)(H,24,25). The maximum absolute atomic E-state index is 12.5. The lowest BCUT2D eigenvalue weighted by molar-refractivity contribution is -0.141. The fraction of sp³-hybridized carbons (Fsp3) is 0.421. The van der Waals surface area contributed by atoms with Crippen LogP contribution in [0.3, 0.4) is 0 Å². The number of hydrogen-bond donors (Lipinski definition) is 2. The highest BCUT2D eigenvalue weighted by molar-refractivity contribution is 5.95. The highest BCUT2D eigenvalue weighted by Crippen LogP contribution is 2.21. The van der Waals surface area contributed by atoms with Gasteiger partial charge in [0, 0.05) is 13.1 Å². The predicted molar refractivity (Wildman–Crippen MR) is 95.3 cm³/mol. The zero-order chi connectivity index (χ0) is 18.5. The molecule has 1 aromatic heterocycles. The summed E-state index contributed by atoms with van der Waals surface area (Å²) in [6.07, 6.45) is 4.79. The quantitative estimate of drug-likeness (QED) is 0.789. The van der Waals surface area contributed by atoms with Crippen molar-refractivity contribution >= 4 is 11.9 Å². The predicted octanol–water partition coefficient (Wildman–Crippen LogP) is 1.90. The average molecular weight is 357 g/mol. The van der Waals surface area contributed by atoms with E-state index in [9.17, 15) is 14.7 Å². The number of nitrogens with one attached hydrogen (secondary N) is 1. The molecule has 2 heterocycles. The lowest BCUT2D eigenvalue weighted by atomic mass is 9.98. The molecule has 0 fully saturated rings. The van der Waals surface area contributed by atoms with Gasteiger partial charge in [-0.3, -0.25) is 14.3 Å². The van der Waals surface area contributed by atoms with E-state index in [1.54, 1.807) is 19.4 Å². The summed E-state index contributed by atoms with van der Waals surface area (Å²) in [7, 11) is 1.56. The number of carbonyl (C=O) groups excluding carboxylic acids is 1. The Balaban J connectivity index is 1.66. The number of carbonyl (C=O) groups is 2. The first-order valence-electron chi connectivity index (χ1n) is 8.77. The van der Waals surface area contributed by atoms with Crippen molar-refractivity contribution in [3.63, 3.8) is 0 Å². The van der Waals surface area contributed by atoms with E-state index in [0.717, 1.165) is 37.1 Å². The molecule has 0 aliphatic carbocycles. The number of amides is 1. The lowest BCUT2D eigenvalue weighted by Gasteiger charge is -2.17. The number of carboxylic acids is 1. The van der Waals surface area contributed by atoms with E-state index >= 15 is 0 Å². The summed E-state index contributed by atoms with van der Waals surface area (Å²) in [5, 5.41) is 16.5. The summed E-state index contributed by atoms with van der Waals surface area (Å²) in [6, 6.07) is 7.31. The van der Waals surface area contributed by atoms with Crippen molar-refractivity contribution in [2.75, 3.05) is 13.7 Å². The number of benzene rings is 1. The van der Waals surface area contributed by atoms with Gasteiger partial charge in [0.25, 0.3) is 5.91 Å². The van der Waals surface area contributed by atoms with Crippen molar-refractivity contribution in [2.45, 2.75) is 32.2 Å². The summed E-state index contributed by atoms with van der Waals surface area (Å²) in [6.45, 7) is 0.880. The first-order valence-corrected chi connectivity index (χ1v) is 8.77. The van der Waals surface area contributed by atoms with Gasteiger partial charge in [0.05, 0.1) is 30.5 Å². The molecule has 0 bridgehead atoms. The molecule has 2 N–H and O–H groups in total. The molecule has 1 atom stereocenters. The molecule has 7 heteroatoms. The summed E-state index contributed by atoms with van der Waals surface area (Å²) >= 11 is 0. The van der Waals surface area contributed by atoms with E-state index in [1.807, 2.05) is 22.9 Å². The number of ether oxygens (including phenoxy) is 1. The minimum atomic E-state index is -0.951. The summed E-state index contributed by atoms with van der Waals surface area (Å²) in [4.78, 5) is 24.1. The van der Waals surface area contributed by atoms with Crippen LogP contribution in [0.2, 0.25) is 0 Å². The molecular weight excluding hydrogens is 334 g/mol. The summed E-state index contributed by atoms with van der Waals surface area (Å²) < 4.78 is 7.14. The van der Waals surface area contributed by atoms with Gasteiger partial charge in [-0.25, -0.2) is 0 Å². The fourth-order valence-corrected chi connectivity index (χ4v) is 3.31. The molecule has 1 amide bonds. The van der Waals surface area contributed by atoms with Crippen LogP contribution in [-0.2, 0) is 24.2 Å². The van der Waals surface area contributed by atoms with Crippen molar-refractivity contribution < 1.29 is 19.4 Å². The van der Waals surface area contributed by atoms with Crippen LogP contribution in [-0.4, -0.2) is 40.4 Å². The molecule has 26 heavy (non-hydrogen) atoms. The molecule has 7 nitrogen and oxygen atoms in total. The minimum absolute atomic E-state index is 0.0524. The van der Waals surface area contributed by atoms with Crippen molar-refractivity contribution in [2.24, 2.45) is 5.92 Å². The number of nitrogens with zero attached hydrogens (tertiary/aromatic N) is 2. The van der Waals surface area contributed by atoms with Crippen molar-refractivity contribution in [3.05, 3.63) is 47.3 Å². The second kappa shape index (κ2) is 8.03.